The molecule has 2 rings (SSSR count). The van der Waals surface area contributed by atoms with Gasteiger partial charge in [0.2, 0.25) is 0 Å². The van der Waals surface area contributed by atoms with E-state index in [4.69, 9.17) is 5.73 Å². The second kappa shape index (κ2) is 5.41. The molecule has 2 fully saturated rings. The first-order chi connectivity index (χ1) is 6.86. The van der Waals surface area contributed by atoms with Crippen molar-refractivity contribution in [2.45, 2.75) is 74.3 Å². The number of hydrogen-bond donors (Lipinski definition) is 1. The highest BCUT2D eigenvalue weighted by atomic mass is 32.2. The van der Waals surface area contributed by atoms with Crippen molar-refractivity contribution in [3.8, 4) is 0 Å². The van der Waals surface area contributed by atoms with Crippen molar-refractivity contribution in [2.24, 2.45) is 5.73 Å². The molecule has 0 aromatic rings. The predicted octanol–water partition coefficient (Wildman–Crippen LogP) is 3.32. The second-order valence-corrected chi connectivity index (χ2v) is 6.43. The molecule has 0 spiro atoms. The molecule has 0 radical (unpaired) electrons. The van der Waals surface area contributed by atoms with E-state index in [1.54, 1.807) is 0 Å². The molecule has 2 N–H and O–H groups in total. The van der Waals surface area contributed by atoms with Crippen LogP contribution in [-0.4, -0.2) is 16.5 Å². The third kappa shape index (κ3) is 2.90. The molecular formula is C12H23NS. The Kier molecular flexibility index (Phi) is 4.18. The van der Waals surface area contributed by atoms with Crippen molar-refractivity contribution in [2.75, 3.05) is 0 Å². The zero-order valence-corrected chi connectivity index (χ0v) is 9.90. The third-order valence-corrected chi connectivity index (χ3v) is 5.46. The van der Waals surface area contributed by atoms with Crippen LogP contribution in [0.2, 0.25) is 0 Å². The number of thioether (sulfide) groups is 1. The summed E-state index contributed by atoms with van der Waals surface area (Å²) in [5.74, 6) is 0. The molecule has 2 aliphatic carbocycles. The zero-order chi connectivity index (χ0) is 9.80. The lowest BCUT2D eigenvalue weighted by Crippen LogP contribution is -2.32. The van der Waals surface area contributed by atoms with E-state index >= 15 is 0 Å². The van der Waals surface area contributed by atoms with Crippen LogP contribution in [0.4, 0.5) is 0 Å². The molecule has 0 aromatic carbocycles. The number of hydrogen-bond acceptors (Lipinski definition) is 2. The smallest absolute Gasteiger partial charge is 0.0201 e. The highest BCUT2D eigenvalue weighted by Gasteiger charge is 2.25. The molecule has 0 bridgehead atoms. The van der Waals surface area contributed by atoms with Crippen LogP contribution in [0.1, 0.15) is 57.8 Å². The average Bonchev–Trinajstić information content (AvgIpc) is 2.60. The van der Waals surface area contributed by atoms with E-state index < -0.39 is 0 Å². The quantitative estimate of drug-likeness (QED) is 0.712. The molecule has 2 unspecified atom stereocenters. The van der Waals surface area contributed by atoms with Gasteiger partial charge in [-0.2, -0.15) is 11.8 Å². The number of rotatable bonds is 2. The van der Waals surface area contributed by atoms with Gasteiger partial charge in [-0.25, -0.2) is 0 Å². The molecule has 2 heteroatoms. The van der Waals surface area contributed by atoms with Gasteiger partial charge in [-0.05, 0) is 25.7 Å². The maximum atomic E-state index is 6.24. The SMILES string of the molecule is NC1CCCCCC1SC1CCCC1. The van der Waals surface area contributed by atoms with Crippen LogP contribution < -0.4 is 5.73 Å². The Morgan fingerprint density at radius 3 is 2.21 bits per heavy atom. The van der Waals surface area contributed by atoms with E-state index in [0.717, 1.165) is 10.5 Å². The Bertz CT molecular complexity index is 166. The van der Waals surface area contributed by atoms with E-state index in [-0.39, 0.29) is 0 Å². The van der Waals surface area contributed by atoms with Gasteiger partial charge in [0.25, 0.3) is 0 Å². The molecule has 1 nitrogen and oxygen atoms in total. The normalized spacial score (nSPS) is 35.8. The van der Waals surface area contributed by atoms with Gasteiger partial charge in [-0.15, -0.1) is 0 Å². The monoisotopic (exact) mass is 213 g/mol. The van der Waals surface area contributed by atoms with Gasteiger partial charge < -0.3 is 5.73 Å². The van der Waals surface area contributed by atoms with Gasteiger partial charge in [0.05, 0.1) is 0 Å². The van der Waals surface area contributed by atoms with Crippen molar-refractivity contribution in [3.05, 3.63) is 0 Å². The summed E-state index contributed by atoms with van der Waals surface area (Å²) in [7, 11) is 0. The van der Waals surface area contributed by atoms with Crippen LogP contribution in [0, 0.1) is 0 Å². The van der Waals surface area contributed by atoms with Gasteiger partial charge >= 0.3 is 0 Å². The van der Waals surface area contributed by atoms with Gasteiger partial charge in [0.15, 0.2) is 0 Å². The van der Waals surface area contributed by atoms with E-state index in [1.165, 1.54) is 57.8 Å². The Labute approximate surface area is 92.2 Å². The van der Waals surface area contributed by atoms with Gasteiger partial charge in [0, 0.05) is 16.5 Å². The van der Waals surface area contributed by atoms with Crippen molar-refractivity contribution < 1.29 is 0 Å². The summed E-state index contributed by atoms with van der Waals surface area (Å²) >= 11 is 2.22. The van der Waals surface area contributed by atoms with Crippen LogP contribution in [0.25, 0.3) is 0 Å². The summed E-state index contributed by atoms with van der Waals surface area (Å²) < 4.78 is 0. The summed E-state index contributed by atoms with van der Waals surface area (Å²) in [5.41, 5.74) is 6.24. The molecular weight excluding hydrogens is 190 g/mol. The first kappa shape index (κ1) is 10.8. The topological polar surface area (TPSA) is 26.0 Å². The minimum atomic E-state index is 0.489. The molecule has 2 atom stereocenters. The minimum Gasteiger partial charge on any atom is -0.327 e. The fraction of sp³-hybridized carbons (Fsp3) is 1.00. The standard InChI is InChI=1S/C12H23NS/c13-11-8-2-1-3-9-12(11)14-10-6-4-5-7-10/h10-12H,1-9,13H2. The maximum Gasteiger partial charge on any atom is 0.0201 e. The highest BCUT2D eigenvalue weighted by molar-refractivity contribution is 8.00. The third-order valence-electron chi connectivity index (χ3n) is 3.67. The molecule has 0 saturated heterocycles. The molecule has 0 heterocycles. The average molecular weight is 213 g/mol. The highest BCUT2D eigenvalue weighted by Crippen LogP contribution is 2.36. The van der Waals surface area contributed by atoms with E-state index in [0.29, 0.717) is 6.04 Å². The number of nitrogens with two attached hydrogens (primary N) is 1. The molecule has 0 amide bonds. The van der Waals surface area contributed by atoms with Gasteiger partial charge in [0.1, 0.15) is 0 Å². The van der Waals surface area contributed by atoms with E-state index in [1.807, 2.05) is 0 Å². The Balaban J connectivity index is 1.81. The summed E-state index contributed by atoms with van der Waals surface area (Å²) in [6.07, 6.45) is 12.7. The Hall–Kier alpha value is 0.310. The molecule has 2 saturated carbocycles. The van der Waals surface area contributed by atoms with E-state index in [2.05, 4.69) is 11.8 Å². The van der Waals surface area contributed by atoms with Crippen LogP contribution in [-0.2, 0) is 0 Å². The summed E-state index contributed by atoms with van der Waals surface area (Å²) in [4.78, 5) is 0. The Morgan fingerprint density at radius 1 is 0.786 bits per heavy atom. The summed E-state index contributed by atoms with van der Waals surface area (Å²) in [6.45, 7) is 0. The first-order valence-electron chi connectivity index (χ1n) is 6.27. The largest absolute Gasteiger partial charge is 0.327 e. The molecule has 0 aromatic heterocycles. The predicted molar refractivity (Wildman–Crippen MR) is 64.7 cm³/mol. The zero-order valence-electron chi connectivity index (χ0n) is 9.08. The maximum absolute atomic E-state index is 6.24. The lowest BCUT2D eigenvalue weighted by molar-refractivity contribution is 0.594. The van der Waals surface area contributed by atoms with Crippen molar-refractivity contribution in [1.29, 1.82) is 0 Å². The van der Waals surface area contributed by atoms with E-state index in [9.17, 15) is 0 Å². The molecule has 14 heavy (non-hydrogen) atoms. The molecule has 0 aliphatic heterocycles. The lowest BCUT2D eigenvalue weighted by Gasteiger charge is -2.23. The fourth-order valence-corrected chi connectivity index (χ4v) is 4.48. The lowest BCUT2D eigenvalue weighted by atomic mass is 10.1. The minimum absolute atomic E-state index is 0.489. The van der Waals surface area contributed by atoms with Gasteiger partial charge in [-0.1, -0.05) is 32.1 Å². The van der Waals surface area contributed by atoms with Crippen LogP contribution in [0.3, 0.4) is 0 Å². The molecule has 2 aliphatic rings. The summed E-state index contributed by atoms with van der Waals surface area (Å²) in [5, 5.41) is 1.73. The second-order valence-electron chi connectivity index (χ2n) is 4.88. The van der Waals surface area contributed by atoms with Crippen molar-refractivity contribution >= 4 is 11.8 Å². The fourth-order valence-electron chi connectivity index (χ4n) is 2.74. The van der Waals surface area contributed by atoms with Gasteiger partial charge in [-0.3, -0.25) is 0 Å². The van der Waals surface area contributed by atoms with Crippen LogP contribution in [0.5, 0.6) is 0 Å². The Morgan fingerprint density at radius 2 is 1.43 bits per heavy atom. The summed E-state index contributed by atoms with van der Waals surface area (Å²) in [6, 6.07) is 0.489. The van der Waals surface area contributed by atoms with Crippen molar-refractivity contribution in [1.82, 2.24) is 0 Å². The first-order valence-corrected chi connectivity index (χ1v) is 7.21. The van der Waals surface area contributed by atoms with Crippen LogP contribution >= 0.6 is 11.8 Å². The van der Waals surface area contributed by atoms with Crippen molar-refractivity contribution in [3.63, 3.8) is 0 Å². The van der Waals surface area contributed by atoms with Crippen LogP contribution in [0.15, 0.2) is 0 Å². The molecule has 82 valence electrons.